The molecule has 94 valence electrons. The van der Waals surface area contributed by atoms with Gasteiger partial charge >= 0.3 is 0 Å². The highest BCUT2D eigenvalue weighted by molar-refractivity contribution is 9.09. The average molecular weight is 300 g/mol. The van der Waals surface area contributed by atoms with E-state index in [-0.39, 0.29) is 5.91 Å². The second-order valence-corrected chi connectivity index (χ2v) is 5.27. The average Bonchev–Trinajstić information content (AvgIpc) is 2.76. The number of rotatable bonds is 3. The van der Waals surface area contributed by atoms with Gasteiger partial charge in [-0.1, -0.05) is 28.8 Å². The van der Waals surface area contributed by atoms with Crippen molar-refractivity contribution in [3.8, 4) is 0 Å². The molecular weight excluding hydrogens is 282 g/mol. The van der Waals surface area contributed by atoms with Crippen LogP contribution in [0.25, 0.3) is 0 Å². The van der Waals surface area contributed by atoms with E-state index in [2.05, 4.69) is 26.3 Å². The summed E-state index contributed by atoms with van der Waals surface area (Å²) >= 11 is 3.54. The Morgan fingerprint density at radius 2 is 2.35 bits per heavy atom. The second kappa shape index (κ2) is 5.67. The van der Waals surface area contributed by atoms with Crippen molar-refractivity contribution in [3.63, 3.8) is 0 Å². The first kappa shape index (κ1) is 12.6. The zero-order valence-electron chi connectivity index (χ0n) is 10.0. The lowest BCUT2D eigenvalue weighted by atomic mass is 9.86. The molecule has 0 spiro atoms. The van der Waals surface area contributed by atoms with Crippen LogP contribution in [0, 0.1) is 5.92 Å². The van der Waals surface area contributed by atoms with Crippen molar-refractivity contribution in [1.82, 2.24) is 15.1 Å². The monoisotopic (exact) mass is 299 g/mol. The van der Waals surface area contributed by atoms with Crippen molar-refractivity contribution >= 4 is 21.8 Å². The molecule has 2 unspecified atom stereocenters. The lowest BCUT2D eigenvalue weighted by molar-refractivity contribution is 0.0902. The number of alkyl halides is 1. The molecule has 1 N–H and O–H groups in total. The molecule has 1 aromatic rings. The van der Waals surface area contributed by atoms with Gasteiger partial charge in [-0.15, -0.1) is 0 Å². The Labute approximate surface area is 110 Å². The molecule has 0 bridgehead atoms. The molecule has 5 heteroatoms. The zero-order valence-corrected chi connectivity index (χ0v) is 11.6. The molecule has 2 rings (SSSR count). The van der Waals surface area contributed by atoms with Gasteiger partial charge in [0.1, 0.15) is 5.69 Å². The van der Waals surface area contributed by atoms with Gasteiger partial charge < -0.3 is 5.32 Å². The molecule has 1 aliphatic rings. The van der Waals surface area contributed by atoms with E-state index in [0.29, 0.717) is 17.7 Å². The van der Waals surface area contributed by atoms with Gasteiger partial charge in [-0.3, -0.25) is 9.48 Å². The molecule has 1 saturated carbocycles. The van der Waals surface area contributed by atoms with Crippen molar-refractivity contribution in [1.29, 1.82) is 0 Å². The highest BCUT2D eigenvalue weighted by atomic mass is 79.9. The van der Waals surface area contributed by atoms with Crippen molar-refractivity contribution in [2.24, 2.45) is 13.0 Å². The minimum atomic E-state index is -0.0113. The van der Waals surface area contributed by atoms with Gasteiger partial charge in [0.2, 0.25) is 0 Å². The van der Waals surface area contributed by atoms with Gasteiger partial charge in [0.15, 0.2) is 0 Å². The summed E-state index contributed by atoms with van der Waals surface area (Å²) in [7, 11) is 1.79. The predicted octanol–water partition coefficient (Wildman–Crippen LogP) is 2.10. The van der Waals surface area contributed by atoms with Crippen LogP contribution in [-0.4, -0.2) is 27.1 Å². The van der Waals surface area contributed by atoms with Gasteiger partial charge in [0.25, 0.3) is 5.91 Å². The molecule has 2 atom stereocenters. The quantitative estimate of drug-likeness (QED) is 0.869. The Balaban J connectivity index is 2.00. The number of aromatic nitrogens is 2. The summed E-state index contributed by atoms with van der Waals surface area (Å²) in [5.74, 6) is 0.545. The van der Waals surface area contributed by atoms with Crippen LogP contribution in [0.3, 0.4) is 0 Å². The van der Waals surface area contributed by atoms with Crippen LogP contribution < -0.4 is 5.32 Å². The van der Waals surface area contributed by atoms with E-state index in [9.17, 15) is 4.79 Å². The number of hydrogen-bond acceptors (Lipinski definition) is 2. The SMILES string of the molecule is Cn1nccc1C(=O)NC1CCCCC1CBr. The maximum absolute atomic E-state index is 12.1. The van der Waals surface area contributed by atoms with Crippen LogP contribution in [-0.2, 0) is 7.05 Å². The Morgan fingerprint density at radius 1 is 1.59 bits per heavy atom. The molecule has 0 saturated heterocycles. The minimum Gasteiger partial charge on any atom is -0.348 e. The fraction of sp³-hybridized carbons (Fsp3) is 0.667. The number of halogens is 1. The van der Waals surface area contributed by atoms with Crippen molar-refractivity contribution in [2.75, 3.05) is 5.33 Å². The number of carbonyl (C=O) groups is 1. The highest BCUT2D eigenvalue weighted by Gasteiger charge is 2.26. The van der Waals surface area contributed by atoms with Crippen LogP contribution in [0.15, 0.2) is 12.3 Å². The van der Waals surface area contributed by atoms with Crippen LogP contribution in [0.5, 0.6) is 0 Å². The topological polar surface area (TPSA) is 46.9 Å². The maximum Gasteiger partial charge on any atom is 0.269 e. The molecule has 0 aromatic carbocycles. The fourth-order valence-electron chi connectivity index (χ4n) is 2.42. The third-order valence-corrected chi connectivity index (χ3v) is 4.31. The second-order valence-electron chi connectivity index (χ2n) is 4.62. The maximum atomic E-state index is 12.1. The number of carbonyl (C=O) groups excluding carboxylic acids is 1. The smallest absolute Gasteiger partial charge is 0.269 e. The van der Waals surface area contributed by atoms with Crippen LogP contribution >= 0.6 is 15.9 Å². The summed E-state index contributed by atoms with van der Waals surface area (Å²) in [5, 5.41) is 8.11. The fourth-order valence-corrected chi connectivity index (χ4v) is 3.20. The number of amides is 1. The Bertz CT molecular complexity index is 391. The van der Waals surface area contributed by atoms with Gasteiger partial charge in [-0.05, 0) is 24.8 Å². The first-order chi connectivity index (χ1) is 8.22. The van der Waals surface area contributed by atoms with Gasteiger partial charge in [0.05, 0.1) is 0 Å². The normalized spacial score (nSPS) is 24.6. The molecular formula is C12H18BrN3O. The van der Waals surface area contributed by atoms with E-state index < -0.39 is 0 Å². The Kier molecular flexibility index (Phi) is 4.20. The number of hydrogen-bond donors (Lipinski definition) is 1. The van der Waals surface area contributed by atoms with Crippen molar-refractivity contribution in [3.05, 3.63) is 18.0 Å². The van der Waals surface area contributed by atoms with Gasteiger partial charge in [-0.2, -0.15) is 5.10 Å². The van der Waals surface area contributed by atoms with E-state index in [1.807, 2.05) is 0 Å². The number of nitrogens with zero attached hydrogens (tertiary/aromatic N) is 2. The molecule has 0 radical (unpaired) electrons. The largest absolute Gasteiger partial charge is 0.348 e. The molecule has 1 amide bonds. The summed E-state index contributed by atoms with van der Waals surface area (Å²) in [6, 6.07) is 2.05. The van der Waals surface area contributed by atoms with Crippen LogP contribution in [0.4, 0.5) is 0 Å². The Hall–Kier alpha value is -0.840. The van der Waals surface area contributed by atoms with E-state index in [1.54, 1.807) is 24.0 Å². The van der Waals surface area contributed by atoms with E-state index in [1.165, 1.54) is 19.3 Å². The van der Waals surface area contributed by atoms with Gasteiger partial charge in [0, 0.05) is 24.6 Å². The summed E-state index contributed by atoms with van der Waals surface area (Å²) in [6.07, 6.45) is 6.41. The van der Waals surface area contributed by atoms with Crippen LogP contribution in [0.1, 0.15) is 36.2 Å². The number of nitrogens with one attached hydrogen (secondary N) is 1. The molecule has 1 aliphatic carbocycles. The summed E-state index contributed by atoms with van der Waals surface area (Å²) < 4.78 is 1.61. The van der Waals surface area contributed by atoms with Crippen molar-refractivity contribution in [2.45, 2.75) is 31.7 Å². The molecule has 17 heavy (non-hydrogen) atoms. The molecule has 4 nitrogen and oxygen atoms in total. The van der Waals surface area contributed by atoms with E-state index >= 15 is 0 Å². The van der Waals surface area contributed by atoms with E-state index in [4.69, 9.17) is 0 Å². The van der Waals surface area contributed by atoms with Crippen LogP contribution in [0.2, 0.25) is 0 Å². The zero-order chi connectivity index (χ0) is 12.3. The first-order valence-electron chi connectivity index (χ1n) is 6.07. The molecule has 1 aromatic heterocycles. The molecule has 1 heterocycles. The predicted molar refractivity (Wildman–Crippen MR) is 70.2 cm³/mol. The minimum absolute atomic E-state index is 0.0113. The summed E-state index contributed by atoms with van der Waals surface area (Å²) in [6.45, 7) is 0. The highest BCUT2D eigenvalue weighted by Crippen LogP contribution is 2.26. The first-order valence-corrected chi connectivity index (χ1v) is 7.19. The standard InChI is InChI=1S/C12H18BrN3O/c1-16-11(6-7-14-16)12(17)15-10-5-3-2-4-9(10)8-13/h6-7,9-10H,2-5,8H2,1H3,(H,15,17). The van der Waals surface area contributed by atoms with Crippen molar-refractivity contribution < 1.29 is 4.79 Å². The lowest BCUT2D eigenvalue weighted by Gasteiger charge is -2.30. The third kappa shape index (κ3) is 2.89. The molecule has 1 fully saturated rings. The number of aryl methyl sites for hydroxylation is 1. The van der Waals surface area contributed by atoms with Gasteiger partial charge in [-0.25, -0.2) is 0 Å². The summed E-state index contributed by atoms with van der Waals surface area (Å²) in [4.78, 5) is 12.1. The summed E-state index contributed by atoms with van der Waals surface area (Å²) in [5.41, 5.74) is 0.629. The molecule has 0 aliphatic heterocycles. The van der Waals surface area contributed by atoms with E-state index in [0.717, 1.165) is 11.8 Å². The Morgan fingerprint density at radius 3 is 3.00 bits per heavy atom. The lowest BCUT2D eigenvalue weighted by Crippen LogP contribution is -2.43. The third-order valence-electron chi connectivity index (χ3n) is 3.48.